The highest BCUT2D eigenvalue weighted by Gasteiger charge is 2.33. The molecule has 8 rings (SSSR count). The molecule has 1 amide bonds. The normalized spacial score (nSPS) is 18.4. The summed E-state index contributed by atoms with van der Waals surface area (Å²) in [6, 6.07) is 22.8. The molecule has 0 atom stereocenters. The van der Waals surface area contributed by atoms with Gasteiger partial charge in [0.2, 0.25) is 0 Å². The number of rotatable bonds is 12. The average molecular weight is 851 g/mol. The van der Waals surface area contributed by atoms with Crippen molar-refractivity contribution in [3.05, 3.63) is 128 Å². The predicted octanol–water partition coefficient (Wildman–Crippen LogP) is 8.63. The molecule has 4 aliphatic rings. The number of carbonyl (C=O) groups is 1. The van der Waals surface area contributed by atoms with Gasteiger partial charge in [-0.15, -0.1) is 0 Å². The third-order valence-electron chi connectivity index (χ3n) is 12.1. The Morgan fingerprint density at radius 1 is 0.933 bits per heavy atom. The van der Waals surface area contributed by atoms with Gasteiger partial charge in [0, 0.05) is 67.2 Å². The Kier molecular flexibility index (Phi) is 11.8. The van der Waals surface area contributed by atoms with Gasteiger partial charge in [-0.05, 0) is 117 Å². The number of carbonyl (C=O) groups excluding carboxylic acids is 1. The second-order valence-electron chi connectivity index (χ2n) is 17.2. The number of allylic oxidation sites excluding steroid dienone is 2. The molecule has 0 aromatic heterocycles. The van der Waals surface area contributed by atoms with E-state index in [4.69, 9.17) is 16.3 Å². The summed E-state index contributed by atoms with van der Waals surface area (Å²) in [6.07, 6.45) is 8.45. The molecule has 2 fully saturated rings. The number of nitrogens with zero attached hydrogens (tertiary/aromatic N) is 4. The molecule has 314 valence electrons. The van der Waals surface area contributed by atoms with Gasteiger partial charge in [-0.1, -0.05) is 67.4 Å². The highest BCUT2D eigenvalue weighted by Crippen LogP contribution is 2.46. The van der Waals surface area contributed by atoms with E-state index < -0.39 is 25.7 Å². The summed E-state index contributed by atoms with van der Waals surface area (Å²) in [7, 11) is -2.50. The largest absolute Gasteiger partial charge is 0.456 e. The standard InChI is InChI=1S/C46H51ClN6O6S/c1-46(2)28-33(40(29-46)32-10-12-34(47)13-11-32)30-51-22-24-52(25-23-51)36-14-16-39(44(26-36)59-43-9-5-7-31-6-4-8-38(31)43)45(54)49-60(57,58)37-15-17-41(42(27-37)53(55)56)48-35-18-20-50(3)21-19-35/h4-5,7-17,26-27,35,48H,6,18-25,28-30H2,1-3H3,(H,49,54). The van der Waals surface area contributed by atoms with Crippen LogP contribution in [0.25, 0.3) is 11.6 Å². The summed E-state index contributed by atoms with van der Waals surface area (Å²) >= 11 is 6.21. The number of amides is 1. The number of ether oxygens (including phenoxy) is 1. The number of anilines is 2. The molecule has 2 N–H and O–H groups in total. The summed E-state index contributed by atoms with van der Waals surface area (Å²) in [5.74, 6) is -0.163. The first-order valence-corrected chi connectivity index (χ1v) is 22.4. The van der Waals surface area contributed by atoms with Gasteiger partial charge in [-0.3, -0.25) is 19.8 Å². The molecule has 2 heterocycles. The maximum Gasteiger partial charge on any atom is 0.293 e. The van der Waals surface area contributed by atoms with Crippen LogP contribution < -0.4 is 19.7 Å². The molecular weight excluding hydrogens is 800 g/mol. The number of benzene rings is 4. The Balaban J connectivity index is 1.01. The molecule has 2 aliphatic carbocycles. The predicted molar refractivity (Wildman–Crippen MR) is 238 cm³/mol. The van der Waals surface area contributed by atoms with Crippen molar-refractivity contribution in [1.29, 1.82) is 0 Å². The number of sulfonamides is 1. The number of piperidine rings is 1. The van der Waals surface area contributed by atoms with Gasteiger partial charge in [-0.2, -0.15) is 0 Å². The number of nitro benzene ring substituents is 1. The zero-order valence-corrected chi connectivity index (χ0v) is 35.8. The highest BCUT2D eigenvalue weighted by molar-refractivity contribution is 7.90. The molecule has 14 heteroatoms. The third-order valence-corrected chi connectivity index (χ3v) is 13.7. The second-order valence-corrected chi connectivity index (χ2v) is 19.3. The number of likely N-dealkylation sites (tertiary alicyclic amines) is 1. The zero-order chi connectivity index (χ0) is 42.2. The van der Waals surface area contributed by atoms with Crippen LogP contribution in [0, 0.1) is 15.5 Å². The number of nitro groups is 1. The summed E-state index contributed by atoms with van der Waals surface area (Å²) in [5.41, 5.74) is 7.01. The Morgan fingerprint density at radius 2 is 1.68 bits per heavy atom. The van der Waals surface area contributed by atoms with E-state index in [0.29, 0.717) is 5.75 Å². The monoisotopic (exact) mass is 850 g/mol. The zero-order valence-electron chi connectivity index (χ0n) is 34.2. The lowest BCUT2D eigenvalue weighted by molar-refractivity contribution is -0.384. The maximum absolute atomic E-state index is 14.0. The SMILES string of the molecule is CN1CCC(Nc2ccc(S(=O)(=O)NC(=O)c3ccc(N4CCN(CC5=C(c6ccc(Cl)cc6)CC(C)(C)C5)CC4)cc3Oc3cccc4c3C=CC4)cc2[N+](=O)[O-])CC1. The molecule has 2 aliphatic heterocycles. The average Bonchev–Trinajstić information content (AvgIpc) is 3.83. The first-order chi connectivity index (χ1) is 28.7. The lowest BCUT2D eigenvalue weighted by atomic mass is 9.88. The molecule has 0 saturated carbocycles. The number of hydrogen-bond donors (Lipinski definition) is 2. The van der Waals surface area contributed by atoms with Crippen molar-refractivity contribution in [2.45, 2.75) is 56.9 Å². The van der Waals surface area contributed by atoms with Crippen LogP contribution in [0.5, 0.6) is 11.5 Å². The minimum atomic E-state index is -4.53. The minimum Gasteiger partial charge on any atom is -0.456 e. The third kappa shape index (κ3) is 9.24. The molecule has 0 spiro atoms. The van der Waals surface area contributed by atoms with Crippen molar-refractivity contribution in [2.24, 2.45) is 5.41 Å². The number of nitrogens with one attached hydrogen (secondary N) is 2. The topological polar surface area (TPSA) is 137 Å². The van der Waals surface area contributed by atoms with E-state index in [1.807, 2.05) is 55.6 Å². The van der Waals surface area contributed by atoms with Crippen LogP contribution in [0.1, 0.15) is 66.6 Å². The smallest absolute Gasteiger partial charge is 0.293 e. The first-order valence-electron chi connectivity index (χ1n) is 20.6. The van der Waals surface area contributed by atoms with Crippen LogP contribution in [0.2, 0.25) is 5.02 Å². The number of fused-ring (bicyclic) bond motifs is 1. The van der Waals surface area contributed by atoms with E-state index in [9.17, 15) is 23.3 Å². The minimum absolute atomic E-state index is 0.0149. The van der Waals surface area contributed by atoms with Gasteiger partial charge in [0.05, 0.1) is 15.4 Å². The van der Waals surface area contributed by atoms with Gasteiger partial charge < -0.3 is 19.9 Å². The fraction of sp³-hybridized carbons (Fsp3) is 0.370. The van der Waals surface area contributed by atoms with Gasteiger partial charge >= 0.3 is 0 Å². The van der Waals surface area contributed by atoms with E-state index in [0.717, 1.165) is 106 Å². The van der Waals surface area contributed by atoms with E-state index >= 15 is 0 Å². The fourth-order valence-corrected chi connectivity index (χ4v) is 10.0. The van der Waals surface area contributed by atoms with Crippen molar-refractivity contribution >= 4 is 56.2 Å². The Bertz CT molecular complexity index is 2470. The number of hydrogen-bond acceptors (Lipinski definition) is 10. The van der Waals surface area contributed by atoms with Crippen LogP contribution in [0.15, 0.2) is 95.4 Å². The van der Waals surface area contributed by atoms with Gasteiger partial charge in [0.25, 0.3) is 21.6 Å². The molecular formula is C46H51ClN6O6S. The van der Waals surface area contributed by atoms with Crippen LogP contribution in [-0.2, 0) is 16.4 Å². The molecule has 4 aromatic carbocycles. The summed E-state index contributed by atoms with van der Waals surface area (Å²) in [6.45, 7) is 10.4. The maximum atomic E-state index is 14.0. The number of halogens is 1. The summed E-state index contributed by atoms with van der Waals surface area (Å²) < 4.78 is 36.1. The first kappa shape index (κ1) is 41.5. The van der Waals surface area contributed by atoms with E-state index in [1.54, 1.807) is 12.1 Å². The van der Waals surface area contributed by atoms with Gasteiger partial charge in [-0.25, -0.2) is 13.1 Å². The van der Waals surface area contributed by atoms with Crippen molar-refractivity contribution in [1.82, 2.24) is 14.5 Å². The van der Waals surface area contributed by atoms with Crippen molar-refractivity contribution < 1.29 is 22.9 Å². The van der Waals surface area contributed by atoms with E-state index in [-0.39, 0.29) is 34.1 Å². The summed E-state index contributed by atoms with van der Waals surface area (Å²) in [4.78, 5) is 32.0. The van der Waals surface area contributed by atoms with Crippen molar-refractivity contribution in [3.63, 3.8) is 0 Å². The Labute approximate surface area is 357 Å². The molecule has 0 bridgehead atoms. The van der Waals surface area contributed by atoms with Crippen LogP contribution >= 0.6 is 11.6 Å². The molecule has 0 radical (unpaired) electrons. The Morgan fingerprint density at radius 3 is 2.42 bits per heavy atom. The number of piperazine rings is 1. The van der Waals surface area contributed by atoms with Gasteiger partial charge in [0.1, 0.15) is 17.2 Å². The molecule has 12 nitrogen and oxygen atoms in total. The molecule has 4 aromatic rings. The van der Waals surface area contributed by atoms with Crippen LogP contribution in [-0.4, -0.2) is 88.0 Å². The lowest BCUT2D eigenvalue weighted by Crippen LogP contribution is -2.47. The lowest BCUT2D eigenvalue weighted by Gasteiger charge is -2.37. The van der Waals surface area contributed by atoms with Crippen molar-refractivity contribution in [2.75, 3.05) is 63.1 Å². The Hall–Kier alpha value is -5.21. The molecule has 0 unspecified atom stereocenters. The fourth-order valence-electron chi connectivity index (χ4n) is 8.90. The highest BCUT2D eigenvalue weighted by atomic mass is 35.5. The van der Waals surface area contributed by atoms with Gasteiger partial charge in [0.15, 0.2) is 0 Å². The van der Waals surface area contributed by atoms with Crippen molar-refractivity contribution in [3.8, 4) is 11.5 Å². The quantitative estimate of drug-likeness (QED) is 0.105. The van der Waals surface area contributed by atoms with Crippen LogP contribution in [0.4, 0.5) is 17.1 Å². The van der Waals surface area contributed by atoms with E-state index in [1.165, 1.54) is 28.8 Å². The second kappa shape index (κ2) is 17.0. The summed E-state index contributed by atoms with van der Waals surface area (Å²) in [5, 5.41) is 16.1. The molecule has 2 saturated heterocycles. The van der Waals surface area contributed by atoms with Crippen LogP contribution in [0.3, 0.4) is 0 Å². The van der Waals surface area contributed by atoms with E-state index in [2.05, 4.69) is 50.7 Å². The molecule has 60 heavy (non-hydrogen) atoms.